The van der Waals surface area contributed by atoms with Crippen molar-refractivity contribution in [2.24, 2.45) is 0 Å². The third-order valence-electron chi connectivity index (χ3n) is 4.28. The molecule has 0 N–H and O–H groups in total. The van der Waals surface area contributed by atoms with Crippen LogP contribution in [-0.2, 0) is 6.54 Å². The highest BCUT2D eigenvalue weighted by molar-refractivity contribution is 5.52. The van der Waals surface area contributed by atoms with Crippen molar-refractivity contribution in [2.75, 3.05) is 13.1 Å². The molecular weight excluding hydrogens is 292 g/mol. The van der Waals surface area contributed by atoms with Gasteiger partial charge in [-0.25, -0.2) is 0 Å². The van der Waals surface area contributed by atoms with Gasteiger partial charge in [-0.15, -0.1) is 0 Å². The number of furan rings is 1. The molecule has 1 fully saturated rings. The van der Waals surface area contributed by atoms with Crippen molar-refractivity contribution in [2.45, 2.75) is 25.3 Å². The molecule has 0 bridgehead atoms. The molecule has 6 heteroatoms. The van der Waals surface area contributed by atoms with E-state index in [4.69, 9.17) is 8.94 Å². The Morgan fingerprint density at radius 2 is 1.96 bits per heavy atom. The highest BCUT2D eigenvalue weighted by atomic mass is 16.5. The number of aromatic nitrogens is 3. The molecule has 0 radical (unpaired) electrons. The summed E-state index contributed by atoms with van der Waals surface area (Å²) in [5.41, 5.74) is 0.935. The first-order chi connectivity index (χ1) is 11.4. The Kier molecular flexibility index (Phi) is 3.90. The highest BCUT2D eigenvalue weighted by Gasteiger charge is 2.25. The molecule has 0 aliphatic carbocycles. The van der Waals surface area contributed by atoms with Crippen molar-refractivity contribution < 1.29 is 8.94 Å². The van der Waals surface area contributed by atoms with Crippen LogP contribution in [0.5, 0.6) is 0 Å². The fraction of sp³-hybridized carbons (Fsp3) is 0.353. The predicted octanol–water partition coefficient (Wildman–Crippen LogP) is 3.10. The molecule has 118 valence electrons. The van der Waals surface area contributed by atoms with Crippen LogP contribution < -0.4 is 0 Å². The van der Waals surface area contributed by atoms with Crippen molar-refractivity contribution >= 4 is 0 Å². The van der Waals surface area contributed by atoms with Crippen molar-refractivity contribution in [3.63, 3.8) is 0 Å². The average Bonchev–Trinajstić information content (AvgIpc) is 3.28. The van der Waals surface area contributed by atoms with Crippen LogP contribution in [0.3, 0.4) is 0 Å². The predicted molar refractivity (Wildman–Crippen MR) is 83.5 cm³/mol. The van der Waals surface area contributed by atoms with Gasteiger partial charge in [-0.3, -0.25) is 9.88 Å². The lowest BCUT2D eigenvalue weighted by Crippen LogP contribution is -2.32. The van der Waals surface area contributed by atoms with E-state index >= 15 is 0 Å². The smallest absolute Gasteiger partial charge is 0.230 e. The Labute approximate surface area is 134 Å². The van der Waals surface area contributed by atoms with Gasteiger partial charge in [0.05, 0.1) is 12.8 Å². The molecule has 6 nitrogen and oxygen atoms in total. The van der Waals surface area contributed by atoms with Gasteiger partial charge in [0.1, 0.15) is 5.76 Å². The highest BCUT2D eigenvalue weighted by Crippen LogP contribution is 2.29. The Balaban J connectivity index is 1.38. The first kappa shape index (κ1) is 14.1. The third kappa shape index (κ3) is 3.17. The largest absolute Gasteiger partial charge is 0.468 e. The molecule has 4 heterocycles. The van der Waals surface area contributed by atoms with Gasteiger partial charge in [0, 0.05) is 23.9 Å². The van der Waals surface area contributed by atoms with E-state index < -0.39 is 0 Å². The Hall–Kier alpha value is -2.47. The summed E-state index contributed by atoms with van der Waals surface area (Å²) in [6.45, 7) is 2.89. The fourth-order valence-electron chi connectivity index (χ4n) is 2.98. The molecule has 4 rings (SSSR count). The van der Waals surface area contributed by atoms with Gasteiger partial charge in [0.2, 0.25) is 11.7 Å². The summed E-state index contributed by atoms with van der Waals surface area (Å²) in [5, 5.41) is 4.10. The first-order valence-electron chi connectivity index (χ1n) is 7.87. The minimum absolute atomic E-state index is 0.339. The van der Waals surface area contributed by atoms with Crippen molar-refractivity contribution in [3.05, 3.63) is 54.6 Å². The molecule has 23 heavy (non-hydrogen) atoms. The number of hydrogen-bond donors (Lipinski definition) is 0. The topological polar surface area (TPSA) is 68.2 Å². The lowest BCUT2D eigenvalue weighted by atomic mass is 9.96. The number of rotatable bonds is 4. The van der Waals surface area contributed by atoms with E-state index in [0.717, 1.165) is 49.7 Å². The summed E-state index contributed by atoms with van der Waals surface area (Å²) in [6, 6.07) is 7.73. The standard InChI is InChI=1S/C17H18N4O2/c1-2-15(22-11-1)12-21-9-5-14(6-10-21)17-19-16(20-23-17)13-3-7-18-8-4-13/h1-4,7-8,11,14H,5-6,9-10,12H2. The molecule has 0 atom stereocenters. The van der Waals surface area contributed by atoms with Gasteiger partial charge in [-0.2, -0.15) is 4.98 Å². The quantitative estimate of drug-likeness (QED) is 0.737. The van der Waals surface area contributed by atoms with Gasteiger partial charge in [0.25, 0.3) is 0 Å². The molecular formula is C17H18N4O2. The van der Waals surface area contributed by atoms with Gasteiger partial charge < -0.3 is 8.94 Å². The second-order valence-electron chi connectivity index (χ2n) is 5.82. The summed E-state index contributed by atoms with van der Waals surface area (Å²) in [5.74, 6) is 2.74. The maximum Gasteiger partial charge on any atom is 0.230 e. The van der Waals surface area contributed by atoms with E-state index in [1.807, 2.05) is 24.3 Å². The van der Waals surface area contributed by atoms with Crippen LogP contribution in [0.15, 0.2) is 51.9 Å². The summed E-state index contributed by atoms with van der Waals surface area (Å²) in [7, 11) is 0. The number of likely N-dealkylation sites (tertiary alicyclic amines) is 1. The zero-order valence-corrected chi connectivity index (χ0v) is 12.8. The minimum Gasteiger partial charge on any atom is -0.468 e. The summed E-state index contributed by atoms with van der Waals surface area (Å²) in [4.78, 5) is 11.0. The van der Waals surface area contributed by atoms with E-state index in [2.05, 4.69) is 20.0 Å². The minimum atomic E-state index is 0.339. The molecule has 0 spiro atoms. The number of hydrogen-bond acceptors (Lipinski definition) is 6. The van der Waals surface area contributed by atoms with Crippen molar-refractivity contribution in [3.8, 4) is 11.4 Å². The molecule has 3 aromatic heterocycles. The molecule has 1 aliphatic heterocycles. The molecule has 0 amide bonds. The van der Waals surface area contributed by atoms with E-state index in [1.54, 1.807) is 18.7 Å². The van der Waals surface area contributed by atoms with Crippen LogP contribution in [0.4, 0.5) is 0 Å². The van der Waals surface area contributed by atoms with Crippen LogP contribution in [0, 0.1) is 0 Å². The Morgan fingerprint density at radius 3 is 2.70 bits per heavy atom. The van der Waals surface area contributed by atoms with Crippen LogP contribution in [0.1, 0.15) is 30.4 Å². The molecule has 0 saturated carbocycles. The number of piperidine rings is 1. The van der Waals surface area contributed by atoms with E-state index in [0.29, 0.717) is 11.7 Å². The molecule has 1 saturated heterocycles. The second-order valence-corrected chi connectivity index (χ2v) is 5.82. The van der Waals surface area contributed by atoms with Gasteiger partial charge in [-0.05, 0) is 50.2 Å². The van der Waals surface area contributed by atoms with E-state index in [9.17, 15) is 0 Å². The van der Waals surface area contributed by atoms with Crippen LogP contribution in [-0.4, -0.2) is 33.1 Å². The average molecular weight is 310 g/mol. The van der Waals surface area contributed by atoms with Crippen LogP contribution >= 0.6 is 0 Å². The molecule has 0 aromatic carbocycles. The van der Waals surface area contributed by atoms with Crippen LogP contribution in [0.2, 0.25) is 0 Å². The van der Waals surface area contributed by atoms with Crippen LogP contribution in [0.25, 0.3) is 11.4 Å². The Bertz CT molecular complexity index is 731. The van der Waals surface area contributed by atoms with Gasteiger partial charge >= 0.3 is 0 Å². The number of nitrogens with zero attached hydrogens (tertiary/aromatic N) is 4. The van der Waals surface area contributed by atoms with Crippen molar-refractivity contribution in [1.82, 2.24) is 20.0 Å². The van der Waals surface area contributed by atoms with E-state index in [-0.39, 0.29) is 0 Å². The second kappa shape index (κ2) is 6.34. The monoisotopic (exact) mass is 310 g/mol. The maximum absolute atomic E-state index is 5.48. The van der Waals surface area contributed by atoms with E-state index in [1.165, 1.54) is 0 Å². The lowest BCUT2D eigenvalue weighted by molar-refractivity contribution is 0.176. The van der Waals surface area contributed by atoms with Gasteiger partial charge in [0.15, 0.2) is 0 Å². The SMILES string of the molecule is c1coc(CN2CCC(c3nc(-c4ccncc4)no3)CC2)c1. The number of pyridine rings is 1. The summed E-state index contributed by atoms with van der Waals surface area (Å²) in [6.07, 6.45) is 7.25. The molecule has 0 unspecified atom stereocenters. The summed E-state index contributed by atoms with van der Waals surface area (Å²) >= 11 is 0. The third-order valence-corrected chi connectivity index (χ3v) is 4.28. The maximum atomic E-state index is 5.48. The lowest BCUT2D eigenvalue weighted by Gasteiger charge is -2.29. The normalized spacial score (nSPS) is 16.7. The molecule has 3 aromatic rings. The zero-order valence-electron chi connectivity index (χ0n) is 12.8. The molecule has 1 aliphatic rings. The summed E-state index contributed by atoms with van der Waals surface area (Å²) < 4.78 is 10.9. The van der Waals surface area contributed by atoms with Gasteiger partial charge in [-0.1, -0.05) is 5.16 Å². The van der Waals surface area contributed by atoms with Crippen molar-refractivity contribution in [1.29, 1.82) is 0 Å². The first-order valence-corrected chi connectivity index (χ1v) is 7.87. The zero-order chi connectivity index (χ0) is 15.5. The Morgan fingerprint density at radius 1 is 1.13 bits per heavy atom. The fourth-order valence-corrected chi connectivity index (χ4v) is 2.98.